The number of hydrogen-bond donors (Lipinski definition) is 2. The number of pyridine rings is 1. The lowest BCUT2D eigenvalue weighted by atomic mass is 10.0. The van der Waals surface area contributed by atoms with E-state index in [1.165, 1.54) is 37.0 Å². The predicted molar refractivity (Wildman–Crippen MR) is 140 cm³/mol. The Kier molecular flexibility index (Phi) is 8.71. The van der Waals surface area contributed by atoms with Crippen LogP contribution in [0, 0.1) is 0 Å². The molecule has 8 nitrogen and oxygen atoms in total. The fourth-order valence-corrected chi connectivity index (χ4v) is 5.21. The number of nitrogens with one attached hydrogen (secondary N) is 2. The van der Waals surface area contributed by atoms with Gasteiger partial charge in [-0.1, -0.05) is 32.4 Å². The van der Waals surface area contributed by atoms with Crippen LogP contribution in [0.15, 0.2) is 42.6 Å². The summed E-state index contributed by atoms with van der Waals surface area (Å²) in [7, 11) is 0. The van der Waals surface area contributed by atoms with Gasteiger partial charge in [-0.15, -0.1) is 0 Å². The lowest BCUT2D eigenvalue weighted by Crippen LogP contribution is -2.50. The third kappa shape index (κ3) is 6.00. The minimum Gasteiger partial charge on any atom is -0.336 e. The van der Waals surface area contributed by atoms with Crippen LogP contribution in [0.3, 0.4) is 0 Å². The van der Waals surface area contributed by atoms with Crippen molar-refractivity contribution in [2.24, 2.45) is 0 Å². The van der Waals surface area contributed by atoms with Crippen LogP contribution < -0.4 is 15.5 Å². The number of anilines is 3. The second kappa shape index (κ2) is 12.1. The standard InChI is InChI=1S/C27H38N6O2/c1-3-16-31(17-4-2)20-21-10-7-8-18-32(21)19-15-29-27(35)33-24-13-6-5-11-22(24)26(34)30-23-12-9-14-28-25(23)33/h5-6,9,11-14,21H,3-4,7-8,10,15-20H2,1-2H3,(H,29,35)(H,30,34)/t21-/m1/s1. The molecule has 0 radical (unpaired) electrons. The van der Waals surface area contributed by atoms with Crippen molar-refractivity contribution in [3.63, 3.8) is 0 Å². The number of carbonyl (C=O) groups is 2. The number of rotatable bonds is 9. The average Bonchev–Trinajstić information content (AvgIpc) is 2.99. The van der Waals surface area contributed by atoms with Gasteiger partial charge in [-0.25, -0.2) is 14.7 Å². The van der Waals surface area contributed by atoms with Crippen LogP contribution in [0.2, 0.25) is 0 Å². The molecule has 8 heteroatoms. The van der Waals surface area contributed by atoms with E-state index in [4.69, 9.17) is 0 Å². The van der Waals surface area contributed by atoms with Gasteiger partial charge >= 0.3 is 6.03 Å². The summed E-state index contributed by atoms with van der Waals surface area (Å²) in [6.45, 7) is 10.3. The zero-order chi connectivity index (χ0) is 24.6. The van der Waals surface area contributed by atoms with Crippen molar-refractivity contribution in [2.45, 2.75) is 52.0 Å². The molecule has 35 heavy (non-hydrogen) atoms. The SMILES string of the molecule is CCCN(CCC)C[C@H]1CCCCN1CCNC(=O)N1c2ccccc2C(=O)Nc2cccnc21. The van der Waals surface area contributed by atoms with Crippen LogP contribution in [0.1, 0.15) is 56.3 Å². The van der Waals surface area contributed by atoms with Crippen molar-refractivity contribution in [1.82, 2.24) is 20.1 Å². The third-order valence-electron chi connectivity index (χ3n) is 6.81. The maximum atomic E-state index is 13.5. The number of urea groups is 1. The molecule has 0 spiro atoms. The van der Waals surface area contributed by atoms with Gasteiger partial charge in [-0.05, 0) is 69.6 Å². The lowest BCUT2D eigenvalue weighted by Gasteiger charge is -2.39. The molecule has 1 saturated heterocycles. The first-order chi connectivity index (χ1) is 17.1. The molecule has 2 aliphatic rings. The Morgan fingerprint density at radius 3 is 2.74 bits per heavy atom. The number of carbonyl (C=O) groups excluding carboxylic acids is 2. The predicted octanol–water partition coefficient (Wildman–Crippen LogP) is 4.47. The van der Waals surface area contributed by atoms with E-state index in [0.717, 1.165) is 32.7 Å². The van der Waals surface area contributed by atoms with Gasteiger partial charge in [0.2, 0.25) is 0 Å². The molecule has 2 aromatic rings. The van der Waals surface area contributed by atoms with Crippen molar-refractivity contribution in [3.8, 4) is 0 Å². The van der Waals surface area contributed by atoms with Gasteiger partial charge in [-0.2, -0.15) is 0 Å². The maximum absolute atomic E-state index is 13.5. The Morgan fingerprint density at radius 2 is 1.94 bits per heavy atom. The highest BCUT2D eigenvalue weighted by molar-refractivity contribution is 6.16. The molecule has 0 bridgehead atoms. The van der Waals surface area contributed by atoms with Gasteiger partial charge in [0.25, 0.3) is 5.91 Å². The largest absolute Gasteiger partial charge is 0.336 e. The molecule has 3 amide bonds. The Hall–Kier alpha value is -2.97. The van der Waals surface area contributed by atoms with Crippen molar-refractivity contribution in [1.29, 1.82) is 0 Å². The molecular weight excluding hydrogens is 440 g/mol. The molecule has 1 fully saturated rings. The summed E-state index contributed by atoms with van der Waals surface area (Å²) < 4.78 is 0. The first-order valence-corrected chi connectivity index (χ1v) is 13.0. The molecular formula is C27H38N6O2. The first-order valence-electron chi connectivity index (χ1n) is 13.0. The van der Waals surface area contributed by atoms with Gasteiger partial charge in [-0.3, -0.25) is 9.69 Å². The monoisotopic (exact) mass is 478 g/mol. The summed E-state index contributed by atoms with van der Waals surface area (Å²) >= 11 is 0. The topological polar surface area (TPSA) is 80.8 Å². The summed E-state index contributed by atoms with van der Waals surface area (Å²) in [4.78, 5) is 37.3. The third-order valence-corrected chi connectivity index (χ3v) is 6.81. The summed E-state index contributed by atoms with van der Waals surface area (Å²) in [6.07, 6.45) is 7.67. The van der Waals surface area contributed by atoms with Crippen molar-refractivity contribution in [3.05, 3.63) is 48.2 Å². The first kappa shape index (κ1) is 25.1. The molecule has 4 rings (SSSR count). The van der Waals surface area contributed by atoms with Crippen LogP contribution in [-0.2, 0) is 0 Å². The Morgan fingerprint density at radius 1 is 1.14 bits per heavy atom. The number of likely N-dealkylation sites (tertiary alicyclic amines) is 1. The molecule has 2 aliphatic heterocycles. The van der Waals surface area contributed by atoms with E-state index >= 15 is 0 Å². The molecule has 0 unspecified atom stereocenters. The van der Waals surface area contributed by atoms with Gasteiger partial charge in [0.05, 0.1) is 16.9 Å². The van der Waals surface area contributed by atoms with E-state index in [1.54, 1.807) is 36.5 Å². The number of fused-ring (bicyclic) bond motifs is 2. The second-order valence-electron chi connectivity index (χ2n) is 9.40. The Labute approximate surface area is 208 Å². The quantitative estimate of drug-likeness (QED) is 0.556. The summed E-state index contributed by atoms with van der Waals surface area (Å²) in [5, 5.41) is 5.98. The minimum absolute atomic E-state index is 0.245. The minimum atomic E-state index is -0.277. The van der Waals surface area contributed by atoms with Crippen LogP contribution in [0.25, 0.3) is 0 Å². The zero-order valence-electron chi connectivity index (χ0n) is 21.0. The fraction of sp³-hybridized carbons (Fsp3) is 0.519. The summed E-state index contributed by atoms with van der Waals surface area (Å²) in [5.74, 6) is 0.180. The summed E-state index contributed by atoms with van der Waals surface area (Å²) in [6, 6.07) is 10.9. The van der Waals surface area contributed by atoms with E-state index in [-0.39, 0.29) is 11.9 Å². The Bertz CT molecular complexity index is 1010. The van der Waals surface area contributed by atoms with Gasteiger partial charge in [0, 0.05) is 31.9 Å². The number of benzene rings is 1. The molecule has 1 aromatic heterocycles. The highest BCUT2D eigenvalue weighted by atomic mass is 16.2. The average molecular weight is 479 g/mol. The van der Waals surface area contributed by atoms with E-state index in [9.17, 15) is 9.59 Å². The molecule has 2 N–H and O–H groups in total. The normalized spacial score (nSPS) is 18.0. The van der Waals surface area contributed by atoms with Gasteiger partial charge in [0.15, 0.2) is 5.82 Å². The lowest BCUT2D eigenvalue weighted by molar-refractivity contribution is 0.102. The fourth-order valence-electron chi connectivity index (χ4n) is 5.21. The number of nitrogens with zero attached hydrogens (tertiary/aromatic N) is 4. The van der Waals surface area contributed by atoms with E-state index < -0.39 is 0 Å². The molecule has 1 aromatic carbocycles. The number of hydrogen-bond acceptors (Lipinski definition) is 5. The van der Waals surface area contributed by atoms with Gasteiger partial charge in [0.1, 0.15) is 0 Å². The van der Waals surface area contributed by atoms with Crippen LogP contribution in [0.5, 0.6) is 0 Å². The molecule has 188 valence electrons. The van der Waals surface area contributed by atoms with Crippen molar-refractivity contribution in [2.75, 3.05) is 49.5 Å². The zero-order valence-corrected chi connectivity index (χ0v) is 21.0. The highest BCUT2D eigenvalue weighted by Crippen LogP contribution is 2.36. The van der Waals surface area contributed by atoms with Crippen LogP contribution in [0.4, 0.5) is 22.0 Å². The maximum Gasteiger partial charge on any atom is 0.327 e. The highest BCUT2D eigenvalue weighted by Gasteiger charge is 2.30. The van der Waals surface area contributed by atoms with E-state index in [1.807, 2.05) is 6.07 Å². The summed E-state index contributed by atoms with van der Waals surface area (Å²) in [5.41, 5.74) is 1.50. The molecule has 0 aliphatic carbocycles. The van der Waals surface area contributed by atoms with Gasteiger partial charge < -0.3 is 15.5 Å². The van der Waals surface area contributed by atoms with Crippen molar-refractivity contribution >= 4 is 29.1 Å². The molecule has 0 saturated carbocycles. The van der Waals surface area contributed by atoms with Crippen molar-refractivity contribution < 1.29 is 9.59 Å². The Balaban J connectivity index is 1.44. The smallest absolute Gasteiger partial charge is 0.327 e. The molecule has 3 heterocycles. The number of piperidine rings is 1. The molecule has 1 atom stereocenters. The number of amides is 3. The van der Waals surface area contributed by atoms with E-state index in [2.05, 4.69) is 39.3 Å². The second-order valence-corrected chi connectivity index (χ2v) is 9.40. The van der Waals surface area contributed by atoms with Crippen LogP contribution >= 0.6 is 0 Å². The van der Waals surface area contributed by atoms with E-state index in [0.29, 0.717) is 35.3 Å². The number of para-hydroxylation sites is 1. The number of aromatic nitrogens is 1. The van der Waals surface area contributed by atoms with Crippen LogP contribution in [-0.4, -0.2) is 72.0 Å².